The molecule has 0 fully saturated rings. The summed E-state index contributed by atoms with van der Waals surface area (Å²) in [5, 5.41) is 8.24. The first kappa shape index (κ1) is 29.8. The van der Waals surface area contributed by atoms with Gasteiger partial charge in [-0.3, -0.25) is 0 Å². The molecule has 43 heavy (non-hydrogen) atoms. The molecule has 2 heterocycles. The quantitative estimate of drug-likeness (QED) is 0.247. The number of halogens is 3. The maximum atomic E-state index is 14.1. The summed E-state index contributed by atoms with van der Waals surface area (Å²) in [6.07, 6.45) is 2.24. The van der Waals surface area contributed by atoms with Crippen LogP contribution < -0.4 is 4.74 Å². The SMILES string of the molecule is CCOC(=O)c1cn(C2=CC=C(c3ccccc3)CC2(n2nncc2-c2ccc(OC(F)(F)F)cc2)S(C)(=O)=O)c(C)n1. The van der Waals surface area contributed by atoms with Gasteiger partial charge in [-0.05, 0) is 55.3 Å². The van der Waals surface area contributed by atoms with Gasteiger partial charge in [0.25, 0.3) is 0 Å². The highest BCUT2D eigenvalue weighted by Gasteiger charge is 2.52. The zero-order valence-electron chi connectivity index (χ0n) is 23.2. The molecule has 0 N–H and O–H groups in total. The number of aryl methyl sites for hydroxylation is 1. The first-order chi connectivity index (χ1) is 20.3. The number of carbonyl (C=O) groups excluding carboxylic acids is 1. The number of benzene rings is 2. The molecule has 0 aliphatic heterocycles. The zero-order valence-corrected chi connectivity index (χ0v) is 24.1. The molecular weight excluding hydrogens is 587 g/mol. The Morgan fingerprint density at radius 1 is 1.05 bits per heavy atom. The van der Waals surface area contributed by atoms with Crippen molar-refractivity contribution in [3.05, 3.63) is 96.2 Å². The van der Waals surface area contributed by atoms with E-state index in [0.29, 0.717) is 17.0 Å². The molecule has 1 atom stereocenters. The summed E-state index contributed by atoms with van der Waals surface area (Å²) < 4.78 is 78.3. The Labute approximate surface area is 245 Å². The van der Waals surface area contributed by atoms with E-state index in [1.54, 1.807) is 26.0 Å². The molecule has 14 heteroatoms. The van der Waals surface area contributed by atoms with Crippen molar-refractivity contribution >= 4 is 27.1 Å². The third kappa shape index (κ3) is 5.69. The third-order valence-electron chi connectivity index (χ3n) is 6.93. The third-order valence-corrected chi connectivity index (χ3v) is 8.69. The Balaban J connectivity index is 1.73. The Morgan fingerprint density at radius 2 is 1.74 bits per heavy atom. The summed E-state index contributed by atoms with van der Waals surface area (Å²) in [5.74, 6) is -0.802. The second-order valence-electron chi connectivity index (χ2n) is 9.71. The van der Waals surface area contributed by atoms with E-state index in [1.807, 2.05) is 30.3 Å². The molecule has 0 spiro atoms. The average Bonchev–Trinajstić information content (AvgIpc) is 3.60. The van der Waals surface area contributed by atoms with Crippen LogP contribution in [0.2, 0.25) is 0 Å². The lowest BCUT2D eigenvalue weighted by atomic mass is 9.91. The number of ether oxygens (including phenoxy) is 2. The largest absolute Gasteiger partial charge is 0.573 e. The number of hydrogen-bond acceptors (Lipinski definition) is 8. The van der Waals surface area contributed by atoms with Gasteiger partial charge in [0, 0.05) is 24.4 Å². The van der Waals surface area contributed by atoms with E-state index in [9.17, 15) is 26.4 Å². The first-order valence-corrected chi connectivity index (χ1v) is 14.9. The summed E-state index contributed by atoms with van der Waals surface area (Å²) in [6, 6.07) is 14.1. The van der Waals surface area contributed by atoms with Crippen molar-refractivity contribution in [2.75, 3.05) is 12.9 Å². The van der Waals surface area contributed by atoms with Crippen molar-refractivity contribution in [2.45, 2.75) is 31.5 Å². The number of esters is 1. The molecule has 0 saturated heterocycles. The van der Waals surface area contributed by atoms with Crippen molar-refractivity contribution < 1.29 is 35.9 Å². The van der Waals surface area contributed by atoms with Crippen LogP contribution in [0.4, 0.5) is 13.2 Å². The fourth-order valence-electron chi connectivity index (χ4n) is 5.04. The van der Waals surface area contributed by atoms with E-state index in [1.165, 1.54) is 33.8 Å². The Hall–Kier alpha value is -4.72. The number of nitrogens with zero attached hydrogens (tertiary/aromatic N) is 5. The topological polar surface area (TPSA) is 118 Å². The normalized spacial score (nSPS) is 17.3. The van der Waals surface area contributed by atoms with Gasteiger partial charge in [-0.1, -0.05) is 41.6 Å². The highest BCUT2D eigenvalue weighted by molar-refractivity contribution is 7.91. The average molecular weight is 614 g/mol. The number of aromatic nitrogens is 5. The molecule has 1 aliphatic carbocycles. The summed E-state index contributed by atoms with van der Waals surface area (Å²) in [4.78, 5) is 14.9. The summed E-state index contributed by atoms with van der Waals surface area (Å²) >= 11 is 0. The summed E-state index contributed by atoms with van der Waals surface area (Å²) in [5.41, 5.74) is 2.20. The molecule has 4 aromatic rings. The molecule has 1 unspecified atom stereocenters. The molecule has 2 aromatic heterocycles. The van der Waals surface area contributed by atoms with Gasteiger partial charge in [0.05, 0.1) is 24.2 Å². The van der Waals surface area contributed by atoms with Gasteiger partial charge in [-0.2, -0.15) is 0 Å². The van der Waals surface area contributed by atoms with E-state index >= 15 is 0 Å². The van der Waals surface area contributed by atoms with E-state index in [-0.39, 0.29) is 30.1 Å². The van der Waals surface area contributed by atoms with Crippen molar-refractivity contribution in [1.29, 1.82) is 0 Å². The van der Waals surface area contributed by atoms with Gasteiger partial charge in [0.15, 0.2) is 15.5 Å². The van der Waals surface area contributed by atoms with Crippen molar-refractivity contribution in [2.24, 2.45) is 0 Å². The van der Waals surface area contributed by atoms with Crippen LogP contribution in [0.1, 0.15) is 35.2 Å². The lowest BCUT2D eigenvalue weighted by Gasteiger charge is -2.38. The zero-order chi connectivity index (χ0) is 31.0. The van der Waals surface area contributed by atoms with Gasteiger partial charge in [0.2, 0.25) is 4.87 Å². The van der Waals surface area contributed by atoms with Crippen LogP contribution >= 0.6 is 0 Å². The van der Waals surface area contributed by atoms with Crippen molar-refractivity contribution in [3.8, 4) is 17.0 Å². The molecule has 10 nitrogen and oxygen atoms in total. The maximum Gasteiger partial charge on any atom is 0.573 e. The number of hydrogen-bond donors (Lipinski definition) is 0. The fourth-order valence-corrected chi connectivity index (χ4v) is 6.46. The Morgan fingerprint density at radius 3 is 2.37 bits per heavy atom. The lowest BCUT2D eigenvalue weighted by Crippen LogP contribution is -2.46. The minimum absolute atomic E-state index is 0.0143. The van der Waals surface area contributed by atoms with Crippen LogP contribution in [0, 0.1) is 6.92 Å². The van der Waals surface area contributed by atoms with Crippen molar-refractivity contribution in [1.82, 2.24) is 24.5 Å². The van der Waals surface area contributed by atoms with Crippen molar-refractivity contribution in [3.63, 3.8) is 0 Å². The number of allylic oxidation sites excluding steroid dienone is 3. The molecule has 0 saturated carbocycles. The van der Waals surface area contributed by atoms with E-state index in [0.717, 1.165) is 24.0 Å². The second-order valence-corrected chi connectivity index (χ2v) is 11.9. The van der Waals surface area contributed by atoms with E-state index < -0.39 is 32.8 Å². The monoisotopic (exact) mass is 613 g/mol. The number of sulfone groups is 1. The van der Waals surface area contributed by atoms with Gasteiger partial charge < -0.3 is 14.0 Å². The van der Waals surface area contributed by atoms with E-state index in [2.05, 4.69) is 20.0 Å². The van der Waals surface area contributed by atoms with Crippen LogP contribution in [0.15, 0.2) is 79.1 Å². The highest BCUT2D eigenvalue weighted by atomic mass is 32.2. The smallest absolute Gasteiger partial charge is 0.461 e. The predicted molar refractivity (Wildman–Crippen MR) is 151 cm³/mol. The molecule has 5 rings (SSSR count). The van der Waals surface area contributed by atoms with Crippen LogP contribution in [0.3, 0.4) is 0 Å². The standard InChI is InChI=1S/C29H26F3N5O5S/c1-4-41-27(38)24-18-36(19(2)34-24)26-15-12-22(20-8-6-5-7-9-20)16-28(26,43(3,39)40)37-25(17-33-35-37)21-10-13-23(14-11-21)42-29(30,31)32/h5-15,17-18H,4,16H2,1-3H3. The first-order valence-electron chi connectivity index (χ1n) is 13.0. The second kappa shape index (κ2) is 11.2. The van der Waals surface area contributed by atoms with Crippen LogP contribution in [-0.4, -0.2) is 58.2 Å². The van der Waals surface area contributed by atoms with Crippen LogP contribution in [0.5, 0.6) is 5.75 Å². The lowest BCUT2D eigenvalue weighted by molar-refractivity contribution is -0.274. The molecular formula is C29H26F3N5O5S. The molecule has 0 amide bonds. The number of imidazole rings is 1. The number of rotatable bonds is 8. The molecule has 0 radical (unpaired) electrons. The Bertz CT molecular complexity index is 1830. The predicted octanol–water partition coefficient (Wildman–Crippen LogP) is 5.25. The van der Waals surface area contributed by atoms with E-state index in [4.69, 9.17) is 4.74 Å². The minimum Gasteiger partial charge on any atom is -0.461 e. The molecule has 2 aromatic carbocycles. The van der Waals surface area contributed by atoms with Crippen LogP contribution in [-0.2, 0) is 19.4 Å². The molecule has 1 aliphatic rings. The van der Waals surface area contributed by atoms with Gasteiger partial charge in [-0.25, -0.2) is 22.9 Å². The maximum absolute atomic E-state index is 14.1. The number of alkyl halides is 3. The fraction of sp³-hybridized carbons (Fsp3) is 0.241. The summed E-state index contributed by atoms with van der Waals surface area (Å²) in [7, 11) is -4.14. The number of carbonyl (C=O) groups is 1. The minimum atomic E-state index is -4.88. The Kier molecular flexibility index (Phi) is 7.73. The molecule has 224 valence electrons. The van der Waals surface area contributed by atoms with Gasteiger partial charge >= 0.3 is 12.3 Å². The highest BCUT2D eigenvalue weighted by Crippen LogP contribution is 2.47. The van der Waals surface area contributed by atoms with Gasteiger partial charge in [0.1, 0.15) is 11.6 Å². The van der Waals surface area contributed by atoms with Crippen LogP contribution in [0.25, 0.3) is 22.5 Å². The summed E-state index contributed by atoms with van der Waals surface area (Å²) in [6.45, 7) is 3.40. The van der Waals surface area contributed by atoms with Gasteiger partial charge in [-0.15, -0.1) is 18.3 Å². The molecule has 0 bridgehead atoms.